The maximum atomic E-state index is 2.50. The largest absolute Gasteiger partial charge is 0.310 e. The average Bonchev–Trinajstić information content (AvgIpc) is 3.45. The van der Waals surface area contributed by atoms with Gasteiger partial charge < -0.3 is 9.80 Å². The second kappa shape index (κ2) is 14.1. The first-order valence-electron chi connectivity index (χ1n) is 17.4. The van der Waals surface area contributed by atoms with Crippen LogP contribution in [0.5, 0.6) is 0 Å². The van der Waals surface area contributed by atoms with Gasteiger partial charge in [0.05, 0.1) is 0 Å². The van der Waals surface area contributed by atoms with E-state index in [0.717, 1.165) is 0 Å². The van der Waals surface area contributed by atoms with Gasteiger partial charge in [-0.05, 0) is 114 Å². The lowest BCUT2D eigenvalue weighted by Gasteiger charge is -2.29. The zero-order valence-corrected chi connectivity index (χ0v) is 27.6. The van der Waals surface area contributed by atoms with Gasteiger partial charge in [0.25, 0.3) is 0 Å². The zero-order chi connectivity index (χ0) is 32.0. The van der Waals surface area contributed by atoms with Gasteiger partial charge in [-0.3, -0.25) is 0 Å². The van der Waals surface area contributed by atoms with Gasteiger partial charge in [-0.2, -0.15) is 0 Å². The molecule has 1 atom stereocenters. The first kappa shape index (κ1) is 30.6. The van der Waals surface area contributed by atoms with Crippen LogP contribution in [0.2, 0.25) is 0 Å². The van der Waals surface area contributed by atoms with Gasteiger partial charge in [-0.1, -0.05) is 118 Å². The highest BCUT2D eigenvalue weighted by molar-refractivity contribution is 5.87. The predicted molar refractivity (Wildman–Crippen MR) is 201 cm³/mol. The summed E-state index contributed by atoms with van der Waals surface area (Å²) in [6.07, 6.45) is 6.13. The van der Waals surface area contributed by atoms with E-state index >= 15 is 0 Å². The van der Waals surface area contributed by atoms with Crippen LogP contribution < -0.4 is 9.80 Å². The number of nitrogens with zero attached hydrogens (tertiary/aromatic N) is 2. The Morgan fingerprint density at radius 2 is 0.809 bits per heavy atom. The molecule has 6 aromatic rings. The van der Waals surface area contributed by atoms with Gasteiger partial charge in [-0.25, -0.2) is 0 Å². The second-order valence-corrected chi connectivity index (χ2v) is 12.7. The van der Waals surface area contributed by atoms with E-state index in [1.165, 1.54) is 88.5 Å². The third-order valence-electron chi connectivity index (χ3n) is 9.66. The SMILES string of the molecule is CCCCC(CCC)C1c2cc(N(c3ccccc3)c3ccccc3)ccc2-c2ccc(N(c3ccccc3)c3ccccc3)cc21. The van der Waals surface area contributed by atoms with E-state index in [-0.39, 0.29) is 0 Å². The number of rotatable bonds is 12. The lowest BCUT2D eigenvalue weighted by atomic mass is 9.78. The van der Waals surface area contributed by atoms with Crippen LogP contribution in [0.1, 0.15) is 63.0 Å². The van der Waals surface area contributed by atoms with Gasteiger partial charge in [0.15, 0.2) is 0 Å². The molecule has 0 bridgehead atoms. The van der Waals surface area contributed by atoms with Gasteiger partial charge in [-0.15, -0.1) is 0 Å². The Labute approximate surface area is 281 Å². The van der Waals surface area contributed by atoms with Crippen LogP contribution in [-0.2, 0) is 0 Å². The first-order valence-corrected chi connectivity index (χ1v) is 17.4. The topological polar surface area (TPSA) is 6.48 Å². The van der Waals surface area contributed by atoms with Crippen molar-refractivity contribution in [2.45, 2.75) is 51.9 Å². The van der Waals surface area contributed by atoms with E-state index in [0.29, 0.717) is 11.8 Å². The number of fused-ring (bicyclic) bond motifs is 3. The molecule has 0 saturated heterocycles. The molecule has 47 heavy (non-hydrogen) atoms. The highest BCUT2D eigenvalue weighted by Crippen LogP contribution is 2.53. The Hall–Kier alpha value is -5.08. The monoisotopic (exact) mass is 612 g/mol. The summed E-state index contributed by atoms with van der Waals surface area (Å²) < 4.78 is 0. The number of para-hydroxylation sites is 4. The number of anilines is 6. The maximum Gasteiger partial charge on any atom is 0.0465 e. The second-order valence-electron chi connectivity index (χ2n) is 12.7. The molecule has 7 rings (SSSR count). The van der Waals surface area contributed by atoms with Crippen molar-refractivity contribution in [3.8, 4) is 11.1 Å². The third kappa shape index (κ3) is 6.21. The molecule has 0 N–H and O–H groups in total. The summed E-state index contributed by atoms with van der Waals surface area (Å²) in [5.74, 6) is 0.919. The Kier molecular flexibility index (Phi) is 9.19. The van der Waals surface area contributed by atoms with Crippen molar-refractivity contribution in [3.63, 3.8) is 0 Å². The third-order valence-corrected chi connectivity index (χ3v) is 9.66. The van der Waals surface area contributed by atoms with Crippen molar-refractivity contribution in [2.75, 3.05) is 9.80 Å². The van der Waals surface area contributed by atoms with Crippen molar-refractivity contribution in [3.05, 3.63) is 169 Å². The molecule has 1 aliphatic rings. The zero-order valence-electron chi connectivity index (χ0n) is 27.6. The lowest BCUT2D eigenvalue weighted by molar-refractivity contribution is 0.391. The Balaban J connectivity index is 1.39. The van der Waals surface area contributed by atoms with Crippen LogP contribution in [0.25, 0.3) is 11.1 Å². The molecule has 0 radical (unpaired) electrons. The summed E-state index contributed by atoms with van der Waals surface area (Å²) in [7, 11) is 0. The van der Waals surface area contributed by atoms with E-state index in [2.05, 4.69) is 181 Å². The summed E-state index contributed by atoms with van der Waals surface area (Å²) in [6, 6.07) is 57.5. The smallest absolute Gasteiger partial charge is 0.0465 e. The number of hydrogen-bond donors (Lipinski definition) is 0. The fraction of sp³-hybridized carbons (Fsp3) is 0.200. The molecule has 234 valence electrons. The summed E-state index contributed by atoms with van der Waals surface area (Å²) in [5, 5.41) is 0. The molecule has 1 unspecified atom stereocenters. The molecule has 0 amide bonds. The summed E-state index contributed by atoms with van der Waals surface area (Å²) >= 11 is 0. The van der Waals surface area contributed by atoms with E-state index in [1.54, 1.807) is 0 Å². The highest BCUT2D eigenvalue weighted by atomic mass is 15.1. The predicted octanol–water partition coefficient (Wildman–Crippen LogP) is 13.3. The van der Waals surface area contributed by atoms with Gasteiger partial charge in [0, 0.05) is 40.0 Å². The fourth-order valence-electron chi connectivity index (χ4n) is 7.58. The molecule has 1 aliphatic carbocycles. The Morgan fingerprint density at radius 3 is 1.15 bits per heavy atom. The number of benzene rings is 6. The van der Waals surface area contributed by atoms with Crippen molar-refractivity contribution in [1.29, 1.82) is 0 Å². The van der Waals surface area contributed by atoms with Gasteiger partial charge >= 0.3 is 0 Å². The minimum Gasteiger partial charge on any atom is -0.310 e. The Morgan fingerprint density at radius 1 is 0.426 bits per heavy atom. The first-order chi connectivity index (χ1) is 23.3. The molecule has 0 spiro atoms. The number of unbranched alkanes of at least 4 members (excludes halogenated alkanes) is 1. The molecule has 0 saturated carbocycles. The molecule has 6 aromatic carbocycles. The van der Waals surface area contributed by atoms with Gasteiger partial charge in [0.2, 0.25) is 0 Å². The minimum atomic E-state index is 0.341. The standard InChI is InChI=1S/C45H44N2/c1-3-5-19-34(18-4-2)45-43-32-39(46(35-20-10-6-11-21-35)36-22-12-7-13-23-36)28-30-41(43)42-31-29-40(33-44(42)45)47(37-24-14-8-15-25-37)38-26-16-9-17-27-38/h6-17,20-34,45H,3-5,18-19H2,1-2H3. The van der Waals surface area contributed by atoms with E-state index < -0.39 is 0 Å². The van der Waals surface area contributed by atoms with Crippen molar-refractivity contribution in [2.24, 2.45) is 5.92 Å². The van der Waals surface area contributed by atoms with Crippen molar-refractivity contribution < 1.29 is 0 Å². The normalized spacial score (nSPS) is 12.7. The van der Waals surface area contributed by atoms with Crippen molar-refractivity contribution in [1.82, 2.24) is 0 Å². The summed E-state index contributed by atoms with van der Waals surface area (Å²) in [5.41, 5.74) is 12.8. The molecular formula is C45H44N2. The Bertz CT molecular complexity index is 1670. The molecule has 2 nitrogen and oxygen atoms in total. The lowest BCUT2D eigenvalue weighted by Crippen LogP contribution is -2.15. The van der Waals surface area contributed by atoms with Crippen molar-refractivity contribution >= 4 is 34.1 Å². The van der Waals surface area contributed by atoms with Crippen LogP contribution in [0, 0.1) is 5.92 Å². The molecule has 0 heterocycles. The maximum absolute atomic E-state index is 2.50. The summed E-state index contributed by atoms with van der Waals surface area (Å²) in [4.78, 5) is 4.80. The molecule has 2 heteroatoms. The quantitative estimate of drug-likeness (QED) is 0.136. The molecule has 0 aromatic heterocycles. The van der Waals surface area contributed by atoms with Crippen LogP contribution in [0.15, 0.2) is 158 Å². The number of hydrogen-bond acceptors (Lipinski definition) is 2. The fourth-order valence-corrected chi connectivity index (χ4v) is 7.58. The van der Waals surface area contributed by atoms with E-state index in [4.69, 9.17) is 0 Å². The molecule has 0 aliphatic heterocycles. The highest BCUT2D eigenvalue weighted by Gasteiger charge is 2.35. The van der Waals surface area contributed by atoms with E-state index in [9.17, 15) is 0 Å². The van der Waals surface area contributed by atoms with Crippen LogP contribution in [-0.4, -0.2) is 0 Å². The van der Waals surface area contributed by atoms with Crippen LogP contribution in [0.4, 0.5) is 34.1 Å². The molecule has 0 fully saturated rings. The average molecular weight is 613 g/mol. The van der Waals surface area contributed by atoms with Crippen LogP contribution >= 0.6 is 0 Å². The summed E-state index contributed by atoms with van der Waals surface area (Å²) in [6.45, 7) is 4.67. The minimum absolute atomic E-state index is 0.341. The van der Waals surface area contributed by atoms with Crippen LogP contribution in [0.3, 0.4) is 0 Å². The molecular weight excluding hydrogens is 569 g/mol. The van der Waals surface area contributed by atoms with E-state index in [1.807, 2.05) is 0 Å². The van der Waals surface area contributed by atoms with Gasteiger partial charge in [0.1, 0.15) is 0 Å².